The number of rotatable bonds is 6. The number of sulfonamides is 1. The Kier molecular flexibility index (Phi) is 5.59. The molecule has 7 nitrogen and oxygen atoms in total. The van der Waals surface area contributed by atoms with E-state index in [1.165, 1.54) is 12.8 Å². The largest absolute Gasteiger partial charge is 0.381 e. The van der Waals surface area contributed by atoms with E-state index >= 15 is 0 Å². The van der Waals surface area contributed by atoms with Crippen molar-refractivity contribution in [1.82, 2.24) is 18.8 Å². The molecule has 2 aliphatic heterocycles. The molecule has 1 aromatic rings. The molecule has 0 radical (unpaired) electrons. The van der Waals surface area contributed by atoms with Crippen LogP contribution in [0.1, 0.15) is 31.5 Å². The third kappa shape index (κ3) is 3.82. The Bertz CT molecular complexity index is 627. The number of aromatic nitrogens is 2. The lowest BCUT2D eigenvalue weighted by atomic mass is 10.1. The number of imidazole rings is 1. The van der Waals surface area contributed by atoms with Gasteiger partial charge in [0, 0.05) is 45.6 Å². The SMILES string of the molecule is Cc1nc(S(=O)(=O)N(CCN2CCCC2)C2CCOCC2)cn1C. The lowest BCUT2D eigenvalue weighted by Crippen LogP contribution is -2.46. The van der Waals surface area contributed by atoms with Gasteiger partial charge >= 0.3 is 0 Å². The quantitative estimate of drug-likeness (QED) is 0.760. The summed E-state index contributed by atoms with van der Waals surface area (Å²) in [5, 5.41) is 0.162. The molecule has 0 unspecified atom stereocenters. The molecule has 3 heterocycles. The number of ether oxygens (including phenoxy) is 1. The predicted molar refractivity (Wildman–Crippen MR) is 91.4 cm³/mol. The van der Waals surface area contributed by atoms with Gasteiger partial charge in [-0.2, -0.15) is 4.31 Å². The van der Waals surface area contributed by atoms with Crippen molar-refractivity contribution in [3.63, 3.8) is 0 Å². The van der Waals surface area contributed by atoms with Crippen molar-refractivity contribution in [1.29, 1.82) is 0 Å². The van der Waals surface area contributed by atoms with Crippen molar-refractivity contribution in [2.45, 2.75) is 43.7 Å². The molecule has 0 amide bonds. The summed E-state index contributed by atoms with van der Waals surface area (Å²) in [5.74, 6) is 0.708. The van der Waals surface area contributed by atoms with Crippen LogP contribution < -0.4 is 0 Å². The normalized spacial score (nSPS) is 21.0. The van der Waals surface area contributed by atoms with Gasteiger partial charge in [0.1, 0.15) is 5.82 Å². The highest BCUT2D eigenvalue weighted by molar-refractivity contribution is 7.89. The van der Waals surface area contributed by atoms with E-state index in [4.69, 9.17) is 4.74 Å². The molecule has 2 aliphatic rings. The number of nitrogens with zero attached hydrogens (tertiary/aromatic N) is 4. The van der Waals surface area contributed by atoms with Crippen molar-refractivity contribution < 1.29 is 13.2 Å². The van der Waals surface area contributed by atoms with Gasteiger partial charge in [0.2, 0.25) is 0 Å². The third-order valence-electron chi connectivity index (χ3n) is 5.09. The zero-order chi connectivity index (χ0) is 17.2. The molecule has 136 valence electrons. The monoisotopic (exact) mass is 356 g/mol. The van der Waals surface area contributed by atoms with E-state index in [-0.39, 0.29) is 11.1 Å². The van der Waals surface area contributed by atoms with Gasteiger partial charge in [-0.25, -0.2) is 13.4 Å². The van der Waals surface area contributed by atoms with Crippen LogP contribution in [-0.2, 0) is 21.8 Å². The summed E-state index contributed by atoms with van der Waals surface area (Å²) in [7, 11) is -1.75. The Hall–Kier alpha value is -0.960. The predicted octanol–water partition coefficient (Wildman–Crippen LogP) is 0.994. The number of hydrogen-bond acceptors (Lipinski definition) is 5. The maximum Gasteiger partial charge on any atom is 0.262 e. The van der Waals surface area contributed by atoms with E-state index in [2.05, 4.69) is 9.88 Å². The average Bonchev–Trinajstić information content (AvgIpc) is 3.19. The Morgan fingerprint density at radius 3 is 2.54 bits per heavy atom. The second-order valence-corrected chi connectivity index (χ2v) is 8.58. The van der Waals surface area contributed by atoms with Gasteiger partial charge in [0.15, 0.2) is 5.03 Å². The molecule has 24 heavy (non-hydrogen) atoms. The van der Waals surface area contributed by atoms with Crippen LogP contribution in [0.2, 0.25) is 0 Å². The van der Waals surface area contributed by atoms with E-state index in [9.17, 15) is 8.42 Å². The maximum absolute atomic E-state index is 13.2. The van der Waals surface area contributed by atoms with Crippen molar-refractivity contribution in [3.8, 4) is 0 Å². The van der Waals surface area contributed by atoms with E-state index < -0.39 is 10.0 Å². The summed E-state index contributed by atoms with van der Waals surface area (Å²) in [4.78, 5) is 6.62. The fourth-order valence-electron chi connectivity index (χ4n) is 3.49. The molecule has 2 fully saturated rings. The second kappa shape index (κ2) is 7.51. The summed E-state index contributed by atoms with van der Waals surface area (Å²) >= 11 is 0. The van der Waals surface area contributed by atoms with Crippen LogP contribution in [-0.4, -0.2) is 72.6 Å². The van der Waals surface area contributed by atoms with E-state index in [1.807, 2.05) is 14.0 Å². The first-order valence-corrected chi connectivity index (χ1v) is 10.2. The van der Waals surface area contributed by atoms with Crippen molar-refractivity contribution in [2.75, 3.05) is 39.4 Å². The molecule has 8 heteroatoms. The van der Waals surface area contributed by atoms with Gasteiger partial charge in [-0.3, -0.25) is 0 Å². The van der Waals surface area contributed by atoms with Crippen LogP contribution in [0, 0.1) is 6.92 Å². The molecule has 0 atom stereocenters. The smallest absolute Gasteiger partial charge is 0.262 e. The molecule has 2 saturated heterocycles. The third-order valence-corrected chi connectivity index (χ3v) is 6.92. The van der Waals surface area contributed by atoms with Crippen LogP contribution in [0.3, 0.4) is 0 Å². The summed E-state index contributed by atoms with van der Waals surface area (Å²) < 4.78 is 35.2. The van der Waals surface area contributed by atoms with Gasteiger partial charge in [0.05, 0.1) is 0 Å². The molecular weight excluding hydrogens is 328 g/mol. The Balaban J connectivity index is 1.81. The standard InChI is InChI=1S/C16H28N4O3S/c1-14-17-16(13-18(14)2)24(21,22)20(15-5-11-23-12-6-15)10-9-19-7-3-4-8-19/h13,15H,3-12H2,1-2H3. The summed E-state index contributed by atoms with van der Waals surface area (Å²) in [6, 6.07) is 0.00802. The molecule has 0 aromatic carbocycles. The van der Waals surface area contributed by atoms with E-state index in [0.29, 0.717) is 25.6 Å². The molecule has 3 rings (SSSR count). The minimum atomic E-state index is -3.57. The number of likely N-dealkylation sites (tertiary alicyclic amines) is 1. The lowest BCUT2D eigenvalue weighted by Gasteiger charge is -2.33. The second-order valence-electron chi connectivity index (χ2n) is 6.75. The van der Waals surface area contributed by atoms with Crippen LogP contribution in [0.4, 0.5) is 0 Å². The van der Waals surface area contributed by atoms with Gasteiger partial charge in [-0.15, -0.1) is 0 Å². The molecule has 0 bridgehead atoms. The molecule has 0 aliphatic carbocycles. The highest BCUT2D eigenvalue weighted by atomic mass is 32.2. The molecule has 0 saturated carbocycles. The van der Waals surface area contributed by atoms with Crippen molar-refractivity contribution >= 4 is 10.0 Å². The Morgan fingerprint density at radius 2 is 1.96 bits per heavy atom. The zero-order valence-electron chi connectivity index (χ0n) is 14.6. The van der Waals surface area contributed by atoms with E-state index in [1.54, 1.807) is 15.1 Å². The fraction of sp³-hybridized carbons (Fsp3) is 0.812. The van der Waals surface area contributed by atoms with Crippen molar-refractivity contribution in [2.24, 2.45) is 7.05 Å². The van der Waals surface area contributed by atoms with Crippen molar-refractivity contribution in [3.05, 3.63) is 12.0 Å². The molecule has 1 aromatic heterocycles. The first kappa shape index (κ1) is 17.8. The van der Waals surface area contributed by atoms with Crippen LogP contribution in [0.15, 0.2) is 11.2 Å². The zero-order valence-corrected chi connectivity index (χ0v) is 15.5. The maximum atomic E-state index is 13.2. The topological polar surface area (TPSA) is 67.7 Å². The van der Waals surface area contributed by atoms with E-state index in [0.717, 1.165) is 32.5 Å². The Morgan fingerprint density at radius 1 is 1.29 bits per heavy atom. The fourth-order valence-corrected chi connectivity index (χ4v) is 5.19. The average molecular weight is 356 g/mol. The minimum Gasteiger partial charge on any atom is -0.381 e. The Labute approximate surface area is 144 Å². The minimum absolute atomic E-state index is 0.00802. The summed E-state index contributed by atoms with van der Waals surface area (Å²) in [6.07, 6.45) is 5.55. The highest BCUT2D eigenvalue weighted by Gasteiger charge is 2.34. The van der Waals surface area contributed by atoms with Crippen LogP contribution >= 0.6 is 0 Å². The number of hydrogen-bond donors (Lipinski definition) is 0. The summed E-state index contributed by atoms with van der Waals surface area (Å²) in [5.41, 5.74) is 0. The first-order chi connectivity index (χ1) is 11.5. The van der Waals surface area contributed by atoms with Gasteiger partial charge in [-0.1, -0.05) is 0 Å². The van der Waals surface area contributed by atoms with Gasteiger partial charge < -0.3 is 14.2 Å². The van der Waals surface area contributed by atoms with Crippen LogP contribution in [0.5, 0.6) is 0 Å². The highest BCUT2D eigenvalue weighted by Crippen LogP contribution is 2.23. The van der Waals surface area contributed by atoms with Gasteiger partial charge in [0.25, 0.3) is 10.0 Å². The van der Waals surface area contributed by atoms with Crippen LogP contribution in [0.25, 0.3) is 0 Å². The first-order valence-electron chi connectivity index (χ1n) is 8.80. The lowest BCUT2D eigenvalue weighted by molar-refractivity contribution is 0.0567. The molecular formula is C16H28N4O3S. The van der Waals surface area contributed by atoms with Gasteiger partial charge in [-0.05, 0) is 45.7 Å². The summed E-state index contributed by atoms with van der Waals surface area (Å²) in [6.45, 7) is 6.55. The molecule has 0 N–H and O–H groups in total. The molecule has 0 spiro atoms. The number of aryl methyl sites for hydroxylation is 2.